The third-order valence-electron chi connectivity index (χ3n) is 2.23. The molecule has 6 heteroatoms. The Kier molecular flexibility index (Phi) is 3.75. The predicted octanol–water partition coefficient (Wildman–Crippen LogP) is 3.95. The molecule has 0 bridgehead atoms. The summed E-state index contributed by atoms with van der Waals surface area (Å²) in [5.41, 5.74) is 7.32. The van der Waals surface area contributed by atoms with E-state index in [1.807, 2.05) is 13.0 Å². The number of aryl methyl sites for hydroxylation is 1. The second kappa shape index (κ2) is 4.96. The maximum absolute atomic E-state index is 6.12. The van der Waals surface area contributed by atoms with E-state index in [9.17, 15) is 0 Å². The van der Waals surface area contributed by atoms with Crippen LogP contribution in [0.15, 0.2) is 18.2 Å². The molecule has 0 saturated heterocycles. The topological polar surface area (TPSA) is 51.8 Å². The van der Waals surface area contributed by atoms with Gasteiger partial charge < -0.3 is 5.73 Å². The van der Waals surface area contributed by atoms with Crippen molar-refractivity contribution in [3.63, 3.8) is 0 Å². The normalized spacial score (nSPS) is 10.6. The van der Waals surface area contributed by atoms with Gasteiger partial charge in [-0.2, -0.15) is 0 Å². The summed E-state index contributed by atoms with van der Waals surface area (Å²) in [6, 6.07) is 5.34. The van der Waals surface area contributed by atoms with Gasteiger partial charge in [-0.05, 0) is 41.6 Å². The van der Waals surface area contributed by atoms with E-state index < -0.39 is 0 Å². The highest BCUT2D eigenvalue weighted by Crippen LogP contribution is 2.32. The molecule has 1 aromatic heterocycles. The molecule has 0 saturated carbocycles. The summed E-state index contributed by atoms with van der Waals surface area (Å²) in [5, 5.41) is 0.914. The van der Waals surface area contributed by atoms with E-state index in [2.05, 4.69) is 32.6 Å². The molecule has 0 atom stereocenters. The molecule has 0 amide bonds. The third-order valence-corrected chi connectivity index (χ3v) is 4.39. The SMILES string of the molecule is Cc1nc(-c2cccc(Cl)c2Cl)nc(N)c1I. The van der Waals surface area contributed by atoms with Crippen molar-refractivity contribution >= 4 is 51.6 Å². The number of anilines is 1. The molecule has 0 aliphatic rings. The van der Waals surface area contributed by atoms with Crippen LogP contribution in [0.1, 0.15) is 5.69 Å². The van der Waals surface area contributed by atoms with E-state index in [0.29, 0.717) is 27.3 Å². The summed E-state index contributed by atoms with van der Waals surface area (Å²) in [6.45, 7) is 1.88. The lowest BCUT2D eigenvalue weighted by molar-refractivity contribution is 1.10. The second-order valence-corrected chi connectivity index (χ2v) is 5.30. The molecule has 0 aliphatic carbocycles. The molecule has 88 valence electrons. The molecule has 0 radical (unpaired) electrons. The maximum atomic E-state index is 6.12. The Bertz CT molecular complexity index is 564. The van der Waals surface area contributed by atoms with Crippen molar-refractivity contribution in [1.82, 2.24) is 9.97 Å². The van der Waals surface area contributed by atoms with E-state index in [-0.39, 0.29) is 0 Å². The zero-order valence-electron chi connectivity index (χ0n) is 8.84. The molecule has 2 N–H and O–H groups in total. The van der Waals surface area contributed by atoms with Crippen molar-refractivity contribution in [3.05, 3.63) is 37.5 Å². The number of rotatable bonds is 1. The molecule has 2 aromatic rings. The number of nitrogens with two attached hydrogens (primary N) is 1. The Balaban J connectivity index is 2.65. The zero-order chi connectivity index (χ0) is 12.6. The minimum absolute atomic E-state index is 0.439. The molecule has 1 heterocycles. The van der Waals surface area contributed by atoms with Gasteiger partial charge in [0.25, 0.3) is 0 Å². The van der Waals surface area contributed by atoms with Gasteiger partial charge in [-0.25, -0.2) is 9.97 Å². The lowest BCUT2D eigenvalue weighted by Crippen LogP contribution is -2.02. The number of aromatic nitrogens is 2. The Hall–Kier alpha value is -0.590. The van der Waals surface area contributed by atoms with Crippen molar-refractivity contribution in [2.75, 3.05) is 5.73 Å². The van der Waals surface area contributed by atoms with Gasteiger partial charge in [0.2, 0.25) is 0 Å². The number of halogens is 3. The van der Waals surface area contributed by atoms with Crippen LogP contribution < -0.4 is 5.73 Å². The Labute approximate surface area is 123 Å². The smallest absolute Gasteiger partial charge is 0.163 e. The van der Waals surface area contributed by atoms with Crippen LogP contribution in [0, 0.1) is 10.5 Å². The third kappa shape index (κ3) is 2.48. The summed E-state index contributed by atoms with van der Waals surface area (Å²) in [6.07, 6.45) is 0. The van der Waals surface area contributed by atoms with Gasteiger partial charge in [-0.1, -0.05) is 29.3 Å². The van der Waals surface area contributed by atoms with Crippen LogP contribution in [0.4, 0.5) is 5.82 Å². The summed E-state index contributed by atoms with van der Waals surface area (Å²) in [7, 11) is 0. The number of benzene rings is 1. The Morgan fingerprint density at radius 3 is 2.59 bits per heavy atom. The van der Waals surface area contributed by atoms with Gasteiger partial charge in [-0.3, -0.25) is 0 Å². The van der Waals surface area contributed by atoms with Gasteiger partial charge in [0.15, 0.2) is 5.82 Å². The highest BCUT2D eigenvalue weighted by atomic mass is 127. The van der Waals surface area contributed by atoms with Crippen LogP contribution in [0.5, 0.6) is 0 Å². The molecule has 1 aromatic carbocycles. The van der Waals surface area contributed by atoms with E-state index in [0.717, 1.165) is 9.26 Å². The fourth-order valence-electron chi connectivity index (χ4n) is 1.38. The fourth-order valence-corrected chi connectivity index (χ4v) is 2.00. The maximum Gasteiger partial charge on any atom is 0.163 e. The van der Waals surface area contributed by atoms with Crippen LogP contribution in [0.25, 0.3) is 11.4 Å². The molecular weight excluding hydrogens is 372 g/mol. The molecule has 0 fully saturated rings. The molecule has 17 heavy (non-hydrogen) atoms. The lowest BCUT2D eigenvalue weighted by atomic mass is 10.2. The van der Waals surface area contributed by atoms with Crippen molar-refractivity contribution in [1.29, 1.82) is 0 Å². The first-order valence-corrected chi connectivity index (χ1v) is 6.58. The first-order chi connectivity index (χ1) is 8.00. The monoisotopic (exact) mass is 379 g/mol. The van der Waals surface area contributed by atoms with Gasteiger partial charge in [-0.15, -0.1) is 0 Å². The standard InChI is InChI=1S/C11H8Cl2IN3/c1-5-9(14)10(15)17-11(16-5)6-3-2-4-7(12)8(6)13/h2-4H,1H3,(H2,15,16,17). The number of hydrogen-bond acceptors (Lipinski definition) is 3. The molecule has 0 aliphatic heterocycles. The fraction of sp³-hybridized carbons (Fsp3) is 0.0909. The van der Waals surface area contributed by atoms with Gasteiger partial charge in [0, 0.05) is 5.56 Å². The van der Waals surface area contributed by atoms with Crippen molar-refractivity contribution in [2.24, 2.45) is 0 Å². The van der Waals surface area contributed by atoms with Crippen LogP contribution in [0.2, 0.25) is 10.0 Å². The minimum atomic E-state index is 0.439. The minimum Gasteiger partial charge on any atom is -0.383 e. The number of nitrogen functional groups attached to an aromatic ring is 1. The highest BCUT2D eigenvalue weighted by Gasteiger charge is 2.12. The second-order valence-electron chi connectivity index (χ2n) is 3.43. The molecule has 2 rings (SSSR count). The van der Waals surface area contributed by atoms with Crippen LogP contribution in [-0.2, 0) is 0 Å². The molecular formula is C11H8Cl2IN3. The lowest BCUT2D eigenvalue weighted by Gasteiger charge is -2.08. The quantitative estimate of drug-likeness (QED) is 0.763. The summed E-state index contributed by atoms with van der Waals surface area (Å²) in [4.78, 5) is 8.59. The number of hydrogen-bond donors (Lipinski definition) is 1. The van der Waals surface area contributed by atoms with E-state index in [4.69, 9.17) is 28.9 Å². The summed E-state index contributed by atoms with van der Waals surface area (Å²) >= 11 is 14.2. The van der Waals surface area contributed by atoms with Gasteiger partial charge >= 0.3 is 0 Å². The van der Waals surface area contributed by atoms with E-state index in [1.165, 1.54) is 0 Å². The predicted molar refractivity (Wildman–Crippen MR) is 79.4 cm³/mol. The van der Waals surface area contributed by atoms with Crippen molar-refractivity contribution < 1.29 is 0 Å². The Morgan fingerprint density at radius 2 is 1.94 bits per heavy atom. The summed E-state index contributed by atoms with van der Waals surface area (Å²) in [5.74, 6) is 0.942. The first kappa shape index (κ1) is 12.9. The number of nitrogens with zero attached hydrogens (tertiary/aromatic N) is 2. The van der Waals surface area contributed by atoms with Crippen molar-refractivity contribution in [3.8, 4) is 11.4 Å². The summed E-state index contributed by atoms with van der Waals surface area (Å²) < 4.78 is 0.851. The van der Waals surface area contributed by atoms with Crippen LogP contribution in [0.3, 0.4) is 0 Å². The highest BCUT2D eigenvalue weighted by molar-refractivity contribution is 14.1. The van der Waals surface area contributed by atoms with Crippen molar-refractivity contribution in [2.45, 2.75) is 6.92 Å². The largest absolute Gasteiger partial charge is 0.383 e. The average molecular weight is 380 g/mol. The molecule has 0 unspecified atom stereocenters. The Morgan fingerprint density at radius 1 is 1.24 bits per heavy atom. The molecule has 0 spiro atoms. The molecule has 3 nitrogen and oxygen atoms in total. The van der Waals surface area contributed by atoms with Crippen LogP contribution >= 0.6 is 45.8 Å². The van der Waals surface area contributed by atoms with Gasteiger partial charge in [0.05, 0.1) is 19.3 Å². The van der Waals surface area contributed by atoms with E-state index in [1.54, 1.807) is 12.1 Å². The average Bonchev–Trinajstić information content (AvgIpc) is 2.29. The van der Waals surface area contributed by atoms with Gasteiger partial charge in [0.1, 0.15) is 5.82 Å². The van der Waals surface area contributed by atoms with E-state index >= 15 is 0 Å². The van der Waals surface area contributed by atoms with Crippen LogP contribution in [-0.4, -0.2) is 9.97 Å². The first-order valence-electron chi connectivity index (χ1n) is 4.74. The zero-order valence-corrected chi connectivity index (χ0v) is 12.5.